The molecule has 3 aliphatic heterocycles. The van der Waals surface area contributed by atoms with Crippen molar-refractivity contribution in [1.82, 2.24) is 20.1 Å². The molecule has 1 N–H and O–H groups in total. The number of hydrogen-bond acceptors (Lipinski definition) is 7. The zero-order valence-electron chi connectivity index (χ0n) is 18.0. The van der Waals surface area contributed by atoms with Gasteiger partial charge >= 0.3 is 0 Å². The first kappa shape index (κ1) is 22.9. The molecule has 0 radical (unpaired) electrons. The molecule has 7 nitrogen and oxygen atoms in total. The number of anilines is 1. The molecule has 33 heavy (non-hydrogen) atoms. The Hall–Kier alpha value is -1.84. The summed E-state index contributed by atoms with van der Waals surface area (Å²) in [6, 6.07) is 7.73. The van der Waals surface area contributed by atoms with E-state index in [0.29, 0.717) is 29.4 Å². The first-order valence-electron chi connectivity index (χ1n) is 11.1. The third-order valence-corrected chi connectivity index (χ3v) is 7.77. The first-order valence-corrected chi connectivity index (χ1v) is 12.3. The summed E-state index contributed by atoms with van der Waals surface area (Å²) in [7, 11) is 0. The van der Waals surface area contributed by atoms with E-state index in [-0.39, 0.29) is 23.2 Å². The topological polar surface area (TPSA) is 68.8 Å². The minimum Gasteiger partial charge on any atom is -0.353 e. The van der Waals surface area contributed by atoms with Gasteiger partial charge < -0.3 is 4.90 Å². The average molecular weight is 506 g/mol. The molecule has 1 aromatic heterocycles. The van der Waals surface area contributed by atoms with E-state index < -0.39 is 0 Å². The lowest BCUT2D eigenvalue weighted by Gasteiger charge is -2.36. The Morgan fingerprint density at radius 2 is 1.94 bits per heavy atom. The van der Waals surface area contributed by atoms with Crippen LogP contribution in [0.25, 0.3) is 0 Å². The number of fused-ring (bicyclic) bond motifs is 1. The number of thiol groups is 1. The van der Waals surface area contributed by atoms with Gasteiger partial charge in [-0.2, -0.15) is 12.6 Å². The summed E-state index contributed by atoms with van der Waals surface area (Å²) >= 11 is 17.2. The largest absolute Gasteiger partial charge is 0.353 e. The molecule has 0 saturated carbocycles. The zero-order chi connectivity index (χ0) is 23.1. The van der Waals surface area contributed by atoms with E-state index >= 15 is 0 Å². The summed E-state index contributed by atoms with van der Waals surface area (Å²) in [5.74, 6) is 0.364. The van der Waals surface area contributed by atoms with Gasteiger partial charge in [-0.05, 0) is 29.2 Å². The van der Waals surface area contributed by atoms with E-state index in [1.165, 1.54) is 11.1 Å². The quantitative estimate of drug-likeness (QED) is 0.490. The van der Waals surface area contributed by atoms with Crippen LogP contribution in [0.5, 0.6) is 0 Å². The number of halogens is 2. The Bertz CT molecular complexity index is 1090. The molecule has 0 aliphatic carbocycles. The van der Waals surface area contributed by atoms with E-state index in [2.05, 4.69) is 43.2 Å². The summed E-state index contributed by atoms with van der Waals surface area (Å²) in [4.78, 5) is 35.1. The van der Waals surface area contributed by atoms with Crippen LogP contribution >= 0.6 is 35.8 Å². The van der Waals surface area contributed by atoms with Crippen molar-refractivity contribution in [2.45, 2.75) is 37.3 Å². The summed E-state index contributed by atoms with van der Waals surface area (Å²) < 4.78 is 0. The monoisotopic (exact) mass is 505 g/mol. The molecule has 4 heterocycles. The van der Waals surface area contributed by atoms with Gasteiger partial charge in [0.15, 0.2) is 0 Å². The van der Waals surface area contributed by atoms with Crippen molar-refractivity contribution in [2.24, 2.45) is 0 Å². The number of carbonyl (C=O) groups is 2. The van der Waals surface area contributed by atoms with Crippen molar-refractivity contribution in [3.8, 4) is 0 Å². The Balaban J connectivity index is 1.26. The van der Waals surface area contributed by atoms with Crippen LogP contribution in [-0.4, -0.2) is 58.8 Å². The smallest absolute Gasteiger partial charge is 0.243 e. The zero-order valence-corrected chi connectivity index (χ0v) is 20.4. The Morgan fingerprint density at radius 3 is 2.67 bits per heavy atom. The minimum atomic E-state index is -0.328. The number of benzene rings is 1. The molecule has 0 bridgehead atoms. The molecule has 5 rings (SSSR count). The van der Waals surface area contributed by atoms with Crippen LogP contribution in [0.2, 0.25) is 10.0 Å². The second kappa shape index (κ2) is 9.43. The fraction of sp³-hybridized carbons (Fsp3) is 0.435. The molecule has 174 valence electrons. The first-order chi connectivity index (χ1) is 15.9. The number of nitrogens with zero attached hydrogens (tertiary/aromatic N) is 4. The maximum atomic E-state index is 12.4. The number of imide groups is 1. The van der Waals surface area contributed by atoms with Crippen molar-refractivity contribution >= 4 is 53.5 Å². The van der Waals surface area contributed by atoms with Gasteiger partial charge in [0.05, 0.1) is 21.5 Å². The van der Waals surface area contributed by atoms with Gasteiger partial charge in [-0.3, -0.25) is 24.7 Å². The predicted molar refractivity (Wildman–Crippen MR) is 132 cm³/mol. The molecule has 10 heteroatoms. The van der Waals surface area contributed by atoms with Gasteiger partial charge in [0.25, 0.3) is 0 Å². The number of hydrogen-bond donors (Lipinski definition) is 2. The second-order valence-corrected chi connectivity index (χ2v) is 10.1. The van der Waals surface area contributed by atoms with Gasteiger partial charge in [-0.15, -0.1) is 0 Å². The highest BCUT2D eigenvalue weighted by atomic mass is 35.5. The summed E-state index contributed by atoms with van der Waals surface area (Å²) in [5.41, 5.74) is 3.65. The van der Waals surface area contributed by atoms with Crippen LogP contribution in [0.3, 0.4) is 0 Å². The number of rotatable bonds is 4. The van der Waals surface area contributed by atoms with Crippen molar-refractivity contribution in [3.63, 3.8) is 0 Å². The average Bonchev–Trinajstić information content (AvgIpc) is 3.12. The number of piperazine rings is 1. The molecule has 2 fully saturated rings. The molecule has 1 aromatic carbocycles. The number of pyridine rings is 1. The summed E-state index contributed by atoms with van der Waals surface area (Å²) in [6.07, 6.45) is 2.53. The van der Waals surface area contributed by atoms with Crippen molar-refractivity contribution in [3.05, 3.63) is 57.2 Å². The number of piperidine rings is 1. The SMILES string of the molecule is O=C1CCC(N2Cc3c(CN4CCN(c5ncc(Cl)cc5Cl)CC4)cccc3C2S)C(=O)N1. The third-order valence-electron chi connectivity index (χ3n) is 6.71. The van der Waals surface area contributed by atoms with Crippen LogP contribution in [-0.2, 0) is 22.7 Å². The highest BCUT2D eigenvalue weighted by Gasteiger charge is 2.39. The predicted octanol–water partition coefficient (Wildman–Crippen LogP) is 3.26. The third kappa shape index (κ3) is 4.59. The summed E-state index contributed by atoms with van der Waals surface area (Å²) in [5, 5.41) is 3.43. The van der Waals surface area contributed by atoms with E-state index in [9.17, 15) is 9.59 Å². The molecular weight excluding hydrogens is 481 g/mol. The van der Waals surface area contributed by atoms with E-state index in [1.807, 2.05) is 0 Å². The number of aromatic nitrogens is 1. The normalized spacial score (nSPS) is 24.2. The van der Waals surface area contributed by atoms with Crippen LogP contribution in [0.4, 0.5) is 5.82 Å². The Kier molecular flexibility index (Phi) is 6.55. The number of amides is 2. The van der Waals surface area contributed by atoms with Gasteiger partial charge in [-0.25, -0.2) is 4.98 Å². The molecule has 2 aromatic rings. The van der Waals surface area contributed by atoms with E-state index in [0.717, 1.165) is 44.1 Å². The van der Waals surface area contributed by atoms with E-state index in [1.54, 1.807) is 12.3 Å². The van der Waals surface area contributed by atoms with Crippen LogP contribution in [0, 0.1) is 0 Å². The van der Waals surface area contributed by atoms with Gasteiger partial charge in [0, 0.05) is 51.9 Å². The molecule has 2 saturated heterocycles. The van der Waals surface area contributed by atoms with Gasteiger partial charge in [-0.1, -0.05) is 41.4 Å². The van der Waals surface area contributed by atoms with Crippen LogP contribution < -0.4 is 10.2 Å². The number of nitrogens with one attached hydrogen (secondary N) is 1. The molecule has 2 amide bonds. The number of carbonyl (C=O) groups excluding carboxylic acids is 2. The molecular formula is C23H25Cl2N5O2S. The maximum Gasteiger partial charge on any atom is 0.243 e. The van der Waals surface area contributed by atoms with E-state index in [4.69, 9.17) is 35.8 Å². The lowest BCUT2D eigenvalue weighted by atomic mass is 10.0. The van der Waals surface area contributed by atoms with Crippen LogP contribution in [0.15, 0.2) is 30.5 Å². The van der Waals surface area contributed by atoms with Crippen LogP contribution in [0.1, 0.15) is 34.9 Å². The fourth-order valence-electron chi connectivity index (χ4n) is 4.96. The fourth-order valence-corrected chi connectivity index (χ4v) is 5.95. The highest BCUT2D eigenvalue weighted by Crippen LogP contribution is 2.41. The highest BCUT2D eigenvalue weighted by molar-refractivity contribution is 7.80. The standard InChI is InChI=1S/C23H25Cl2N5O2S/c24-15-10-18(25)21(26-11-15)29-8-6-28(7-9-29)12-14-2-1-3-16-17(14)13-30(23(16)33)19-4-5-20(31)27-22(19)32/h1-3,10-11,19,23,33H,4-9,12-13H2,(H,27,31,32). The maximum absolute atomic E-state index is 12.4. The van der Waals surface area contributed by atoms with Gasteiger partial charge in [0.1, 0.15) is 5.82 Å². The summed E-state index contributed by atoms with van der Waals surface area (Å²) in [6.45, 7) is 4.96. The van der Waals surface area contributed by atoms with Crippen molar-refractivity contribution in [1.29, 1.82) is 0 Å². The Morgan fingerprint density at radius 1 is 1.15 bits per heavy atom. The Labute approximate surface area is 208 Å². The molecule has 2 unspecified atom stereocenters. The second-order valence-electron chi connectivity index (χ2n) is 8.72. The lowest BCUT2D eigenvalue weighted by molar-refractivity contribution is -0.137. The minimum absolute atomic E-state index is 0.154. The molecule has 2 atom stereocenters. The molecule has 0 spiro atoms. The van der Waals surface area contributed by atoms with Gasteiger partial charge in [0.2, 0.25) is 11.8 Å². The van der Waals surface area contributed by atoms with Crippen molar-refractivity contribution < 1.29 is 9.59 Å². The molecule has 3 aliphatic rings. The lowest BCUT2D eigenvalue weighted by Crippen LogP contribution is -2.51. The van der Waals surface area contributed by atoms with Crippen molar-refractivity contribution in [2.75, 3.05) is 31.1 Å².